The third-order valence-electron chi connectivity index (χ3n) is 1.95. The third-order valence-corrected chi connectivity index (χ3v) is 3.76. The number of nitrogens with zero attached hydrogens (tertiary/aromatic N) is 2. The molecule has 0 fully saturated rings. The van der Waals surface area contributed by atoms with E-state index in [2.05, 4.69) is 15.5 Å². The molecule has 0 bridgehead atoms. The van der Waals surface area contributed by atoms with Gasteiger partial charge in [-0.25, -0.2) is 0 Å². The van der Waals surface area contributed by atoms with Gasteiger partial charge in [0.1, 0.15) is 0 Å². The summed E-state index contributed by atoms with van der Waals surface area (Å²) >= 11 is 2.68. The Hall–Kier alpha value is -1.47. The zero-order valence-corrected chi connectivity index (χ0v) is 10.1. The Morgan fingerprint density at radius 3 is 2.94 bits per heavy atom. The van der Waals surface area contributed by atoms with Crippen molar-refractivity contribution in [2.24, 2.45) is 0 Å². The summed E-state index contributed by atoms with van der Waals surface area (Å²) in [4.78, 5) is 12.8. The zero-order valence-electron chi connectivity index (χ0n) is 8.51. The van der Waals surface area contributed by atoms with Gasteiger partial charge in [-0.15, -0.1) is 21.5 Å². The third kappa shape index (κ3) is 2.37. The van der Waals surface area contributed by atoms with E-state index in [0.29, 0.717) is 10.1 Å². The molecule has 0 aliphatic heterocycles. The van der Waals surface area contributed by atoms with Gasteiger partial charge in [-0.3, -0.25) is 4.79 Å². The highest BCUT2D eigenvalue weighted by Crippen LogP contribution is 2.19. The van der Waals surface area contributed by atoms with Crippen LogP contribution in [0.25, 0.3) is 0 Å². The highest BCUT2D eigenvalue weighted by atomic mass is 32.1. The van der Waals surface area contributed by atoms with Gasteiger partial charge in [0.15, 0.2) is 0 Å². The Morgan fingerprint density at radius 1 is 1.56 bits per heavy atom. The van der Waals surface area contributed by atoms with E-state index < -0.39 is 0 Å². The van der Waals surface area contributed by atoms with Crippen LogP contribution in [0.4, 0.5) is 5.13 Å². The summed E-state index contributed by atoms with van der Waals surface area (Å²) in [5, 5.41) is 12.7. The van der Waals surface area contributed by atoms with Gasteiger partial charge in [-0.1, -0.05) is 17.4 Å². The molecule has 1 atom stereocenters. The smallest absolute Gasteiger partial charge is 0.282 e. The molecule has 0 radical (unpaired) electrons. The zero-order chi connectivity index (χ0) is 11.5. The van der Waals surface area contributed by atoms with Crippen LogP contribution >= 0.6 is 22.7 Å². The second-order valence-electron chi connectivity index (χ2n) is 3.16. The highest BCUT2D eigenvalue weighted by Gasteiger charge is 2.15. The Labute approximate surface area is 100 Å². The van der Waals surface area contributed by atoms with Gasteiger partial charge in [-0.05, 0) is 18.4 Å². The Morgan fingerprint density at radius 2 is 2.38 bits per heavy atom. The van der Waals surface area contributed by atoms with E-state index in [9.17, 15) is 4.79 Å². The maximum atomic E-state index is 11.7. The van der Waals surface area contributed by atoms with Crippen LogP contribution in [-0.4, -0.2) is 16.1 Å². The maximum absolute atomic E-state index is 11.7. The number of nitrogens with one attached hydrogen (secondary N) is 1. The molecule has 1 amide bonds. The molecule has 0 saturated carbocycles. The van der Waals surface area contributed by atoms with Crippen molar-refractivity contribution >= 4 is 33.7 Å². The molecule has 84 valence electrons. The van der Waals surface area contributed by atoms with E-state index in [-0.39, 0.29) is 11.9 Å². The number of rotatable bonds is 3. The Bertz CT molecular complexity index is 479. The molecule has 2 aromatic rings. The molecule has 0 aromatic carbocycles. The first-order chi connectivity index (χ1) is 7.66. The molecule has 0 aliphatic carbocycles. The van der Waals surface area contributed by atoms with Crippen LogP contribution in [-0.2, 0) is 0 Å². The minimum Gasteiger partial charge on any atom is -0.374 e. The topological polar surface area (TPSA) is 80.9 Å². The van der Waals surface area contributed by atoms with Crippen molar-refractivity contribution < 1.29 is 4.79 Å². The first kappa shape index (κ1) is 11.0. The second kappa shape index (κ2) is 4.58. The number of hydrogen-bond donors (Lipinski definition) is 2. The number of thiophene rings is 1. The molecule has 0 spiro atoms. The average molecular weight is 254 g/mol. The fraction of sp³-hybridized carbons (Fsp3) is 0.222. The summed E-state index contributed by atoms with van der Waals surface area (Å²) in [6.07, 6.45) is 0. The fourth-order valence-electron chi connectivity index (χ4n) is 1.19. The van der Waals surface area contributed by atoms with Crippen LogP contribution in [0.5, 0.6) is 0 Å². The van der Waals surface area contributed by atoms with E-state index in [0.717, 1.165) is 16.2 Å². The molecule has 7 heteroatoms. The van der Waals surface area contributed by atoms with Crippen LogP contribution in [0.15, 0.2) is 17.5 Å². The first-order valence-electron chi connectivity index (χ1n) is 4.60. The molecular formula is C9H10N4OS2. The van der Waals surface area contributed by atoms with Crippen molar-refractivity contribution in [1.82, 2.24) is 15.5 Å². The number of aromatic nitrogens is 2. The van der Waals surface area contributed by atoms with Crippen molar-refractivity contribution in [2.45, 2.75) is 13.0 Å². The summed E-state index contributed by atoms with van der Waals surface area (Å²) in [6.45, 7) is 1.92. The van der Waals surface area contributed by atoms with Gasteiger partial charge in [0, 0.05) is 4.88 Å². The second-order valence-corrected chi connectivity index (χ2v) is 5.14. The molecule has 1 unspecified atom stereocenters. The summed E-state index contributed by atoms with van der Waals surface area (Å²) in [6, 6.07) is 3.90. The van der Waals surface area contributed by atoms with E-state index in [1.807, 2.05) is 24.4 Å². The van der Waals surface area contributed by atoms with E-state index in [1.54, 1.807) is 11.3 Å². The number of carbonyl (C=O) groups excluding carboxylic acids is 1. The molecule has 16 heavy (non-hydrogen) atoms. The molecule has 0 aliphatic rings. The number of hydrogen-bond acceptors (Lipinski definition) is 6. The van der Waals surface area contributed by atoms with Crippen molar-refractivity contribution in [3.63, 3.8) is 0 Å². The minimum absolute atomic E-state index is 0.0300. The maximum Gasteiger partial charge on any atom is 0.282 e. The molecule has 2 aromatic heterocycles. The van der Waals surface area contributed by atoms with Crippen molar-refractivity contribution in [3.8, 4) is 0 Å². The van der Waals surface area contributed by atoms with Gasteiger partial charge in [-0.2, -0.15) is 0 Å². The summed E-state index contributed by atoms with van der Waals surface area (Å²) in [5.41, 5.74) is 5.41. The van der Waals surface area contributed by atoms with Crippen LogP contribution in [0.1, 0.15) is 27.6 Å². The minimum atomic E-state index is -0.241. The standard InChI is InChI=1S/C9H10N4OS2/c1-5(6-3-2-4-15-6)11-7(14)8-12-13-9(10)16-8/h2-5H,1H3,(H2,10,13)(H,11,14). The summed E-state index contributed by atoms with van der Waals surface area (Å²) in [7, 11) is 0. The van der Waals surface area contributed by atoms with Crippen molar-refractivity contribution in [3.05, 3.63) is 27.4 Å². The summed E-state index contributed by atoms with van der Waals surface area (Å²) < 4.78 is 0. The van der Waals surface area contributed by atoms with Crippen molar-refractivity contribution in [1.29, 1.82) is 0 Å². The highest BCUT2D eigenvalue weighted by molar-refractivity contribution is 7.16. The molecule has 2 rings (SSSR count). The predicted molar refractivity (Wildman–Crippen MR) is 64.5 cm³/mol. The summed E-state index contributed by atoms with van der Waals surface area (Å²) in [5.74, 6) is -0.241. The number of nitrogen functional groups attached to an aromatic ring is 1. The lowest BCUT2D eigenvalue weighted by Gasteiger charge is -2.09. The quantitative estimate of drug-likeness (QED) is 0.873. The molecule has 5 nitrogen and oxygen atoms in total. The largest absolute Gasteiger partial charge is 0.374 e. The van der Waals surface area contributed by atoms with E-state index in [4.69, 9.17) is 5.73 Å². The monoisotopic (exact) mass is 254 g/mol. The lowest BCUT2D eigenvalue weighted by Crippen LogP contribution is -2.25. The van der Waals surface area contributed by atoms with Gasteiger partial charge in [0.05, 0.1) is 6.04 Å². The average Bonchev–Trinajstić information content (AvgIpc) is 2.87. The number of carbonyl (C=O) groups is 1. The van der Waals surface area contributed by atoms with Crippen LogP contribution in [0.3, 0.4) is 0 Å². The fourth-order valence-corrected chi connectivity index (χ4v) is 2.44. The van der Waals surface area contributed by atoms with E-state index >= 15 is 0 Å². The van der Waals surface area contributed by atoms with Gasteiger partial charge < -0.3 is 11.1 Å². The molecule has 0 saturated heterocycles. The number of anilines is 1. The Kier molecular flexibility index (Phi) is 3.16. The Balaban J connectivity index is 2.03. The molecule has 2 heterocycles. The molecule has 3 N–H and O–H groups in total. The normalized spacial score (nSPS) is 12.3. The first-order valence-corrected chi connectivity index (χ1v) is 6.29. The SMILES string of the molecule is CC(NC(=O)c1nnc(N)s1)c1cccs1. The number of nitrogens with two attached hydrogens (primary N) is 1. The van der Waals surface area contributed by atoms with Crippen LogP contribution < -0.4 is 11.1 Å². The van der Waals surface area contributed by atoms with Crippen molar-refractivity contribution in [2.75, 3.05) is 5.73 Å². The number of amides is 1. The lowest BCUT2D eigenvalue weighted by molar-refractivity contribution is 0.0939. The van der Waals surface area contributed by atoms with Crippen LogP contribution in [0, 0.1) is 0 Å². The van der Waals surface area contributed by atoms with Crippen LogP contribution in [0.2, 0.25) is 0 Å². The predicted octanol–water partition coefficient (Wildman–Crippen LogP) is 1.67. The molecular weight excluding hydrogens is 244 g/mol. The van der Waals surface area contributed by atoms with Gasteiger partial charge >= 0.3 is 0 Å². The lowest BCUT2D eigenvalue weighted by atomic mass is 10.3. The van der Waals surface area contributed by atoms with Gasteiger partial charge in [0.25, 0.3) is 5.91 Å². The van der Waals surface area contributed by atoms with E-state index in [1.165, 1.54) is 0 Å². The van der Waals surface area contributed by atoms with Gasteiger partial charge in [0.2, 0.25) is 10.1 Å².